The van der Waals surface area contributed by atoms with Gasteiger partial charge in [0.25, 0.3) is 0 Å². The highest BCUT2D eigenvalue weighted by molar-refractivity contribution is 5.72. The molecule has 96 valence electrons. The SMILES string of the molecule is O=C1C[C@@H]2O[C@H](COCc3ccccc3)C[C@@H]2O1. The fraction of sp³-hybridized carbons (Fsp3) is 0.500. The summed E-state index contributed by atoms with van der Waals surface area (Å²) in [5.41, 5.74) is 1.15. The second-order valence-electron chi connectivity index (χ2n) is 4.77. The van der Waals surface area contributed by atoms with Crippen LogP contribution in [-0.2, 0) is 25.6 Å². The predicted octanol–water partition coefficient (Wildman–Crippen LogP) is 1.68. The van der Waals surface area contributed by atoms with Crippen LogP contribution in [0.15, 0.2) is 30.3 Å². The van der Waals surface area contributed by atoms with Crippen molar-refractivity contribution in [1.82, 2.24) is 0 Å². The molecule has 4 nitrogen and oxygen atoms in total. The van der Waals surface area contributed by atoms with Crippen LogP contribution in [0.5, 0.6) is 0 Å². The zero-order chi connectivity index (χ0) is 12.4. The molecule has 1 aromatic carbocycles. The van der Waals surface area contributed by atoms with E-state index < -0.39 is 0 Å². The van der Waals surface area contributed by atoms with Crippen LogP contribution in [0.3, 0.4) is 0 Å². The van der Waals surface area contributed by atoms with Gasteiger partial charge in [0.2, 0.25) is 0 Å². The molecular weight excluding hydrogens is 232 g/mol. The highest BCUT2D eigenvalue weighted by atomic mass is 16.6. The topological polar surface area (TPSA) is 44.8 Å². The summed E-state index contributed by atoms with van der Waals surface area (Å²) >= 11 is 0. The Bertz CT molecular complexity index is 401. The number of ether oxygens (including phenoxy) is 3. The highest BCUT2D eigenvalue weighted by Crippen LogP contribution is 2.31. The summed E-state index contributed by atoms with van der Waals surface area (Å²) in [7, 11) is 0. The van der Waals surface area contributed by atoms with Gasteiger partial charge in [0, 0.05) is 6.42 Å². The van der Waals surface area contributed by atoms with E-state index in [2.05, 4.69) is 0 Å². The summed E-state index contributed by atoms with van der Waals surface area (Å²) in [4.78, 5) is 11.0. The van der Waals surface area contributed by atoms with Crippen LogP contribution in [0.1, 0.15) is 18.4 Å². The Morgan fingerprint density at radius 2 is 2.06 bits per heavy atom. The molecule has 0 radical (unpaired) electrons. The maximum Gasteiger partial charge on any atom is 0.308 e. The van der Waals surface area contributed by atoms with E-state index >= 15 is 0 Å². The molecule has 2 fully saturated rings. The van der Waals surface area contributed by atoms with E-state index in [0.717, 1.165) is 12.0 Å². The molecule has 4 heteroatoms. The van der Waals surface area contributed by atoms with Crippen LogP contribution in [0, 0.1) is 0 Å². The monoisotopic (exact) mass is 248 g/mol. The molecule has 3 atom stereocenters. The molecule has 2 heterocycles. The Labute approximate surface area is 106 Å². The van der Waals surface area contributed by atoms with Gasteiger partial charge in [-0.05, 0) is 5.56 Å². The van der Waals surface area contributed by atoms with Gasteiger partial charge in [-0.15, -0.1) is 0 Å². The third-order valence-electron chi connectivity index (χ3n) is 3.34. The van der Waals surface area contributed by atoms with Gasteiger partial charge in [0.05, 0.1) is 25.7 Å². The maximum absolute atomic E-state index is 11.0. The fourth-order valence-corrected chi connectivity index (χ4v) is 2.48. The number of hydrogen-bond donors (Lipinski definition) is 0. The summed E-state index contributed by atoms with van der Waals surface area (Å²) in [6.45, 7) is 1.15. The third-order valence-corrected chi connectivity index (χ3v) is 3.34. The molecule has 0 saturated carbocycles. The van der Waals surface area contributed by atoms with E-state index in [9.17, 15) is 4.79 Å². The minimum atomic E-state index is -0.145. The first-order valence-corrected chi connectivity index (χ1v) is 6.28. The van der Waals surface area contributed by atoms with Gasteiger partial charge >= 0.3 is 5.97 Å². The lowest BCUT2D eigenvalue weighted by Gasteiger charge is -2.11. The first-order valence-electron chi connectivity index (χ1n) is 6.28. The van der Waals surface area contributed by atoms with E-state index in [-0.39, 0.29) is 24.3 Å². The fourth-order valence-electron chi connectivity index (χ4n) is 2.48. The van der Waals surface area contributed by atoms with E-state index in [1.165, 1.54) is 0 Å². The van der Waals surface area contributed by atoms with Gasteiger partial charge in [-0.25, -0.2) is 0 Å². The first kappa shape index (κ1) is 11.7. The molecule has 0 unspecified atom stereocenters. The Balaban J connectivity index is 1.42. The Hall–Kier alpha value is -1.39. The number of carbonyl (C=O) groups excluding carboxylic acids is 1. The van der Waals surface area contributed by atoms with Crippen LogP contribution in [0.25, 0.3) is 0 Å². The number of rotatable bonds is 4. The van der Waals surface area contributed by atoms with Crippen molar-refractivity contribution in [2.24, 2.45) is 0 Å². The summed E-state index contributed by atoms with van der Waals surface area (Å²) in [6.07, 6.45) is 1.09. The van der Waals surface area contributed by atoms with Crippen molar-refractivity contribution in [3.05, 3.63) is 35.9 Å². The number of hydrogen-bond acceptors (Lipinski definition) is 4. The third kappa shape index (κ3) is 2.54. The molecule has 0 aliphatic carbocycles. The van der Waals surface area contributed by atoms with Crippen LogP contribution >= 0.6 is 0 Å². The Morgan fingerprint density at radius 1 is 1.22 bits per heavy atom. The van der Waals surface area contributed by atoms with E-state index in [1.54, 1.807) is 0 Å². The van der Waals surface area contributed by atoms with Gasteiger partial charge in [-0.3, -0.25) is 4.79 Å². The molecule has 1 aromatic rings. The highest BCUT2D eigenvalue weighted by Gasteiger charge is 2.44. The van der Waals surface area contributed by atoms with Gasteiger partial charge in [0.15, 0.2) is 0 Å². The minimum Gasteiger partial charge on any atom is -0.459 e. The number of fused-ring (bicyclic) bond motifs is 1. The van der Waals surface area contributed by atoms with Crippen molar-refractivity contribution >= 4 is 5.97 Å². The number of carbonyl (C=O) groups is 1. The molecule has 2 saturated heterocycles. The summed E-state index contributed by atoms with van der Waals surface area (Å²) < 4.78 is 16.5. The zero-order valence-electron chi connectivity index (χ0n) is 10.1. The van der Waals surface area contributed by atoms with Crippen molar-refractivity contribution in [2.75, 3.05) is 6.61 Å². The first-order chi connectivity index (χ1) is 8.81. The van der Waals surface area contributed by atoms with E-state index in [1.807, 2.05) is 30.3 Å². The molecule has 0 N–H and O–H groups in total. The largest absolute Gasteiger partial charge is 0.459 e. The minimum absolute atomic E-state index is 0.0526. The van der Waals surface area contributed by atoms with Crippen LogP contribution < -0.4 is 0 Å². The molecule has 2 aliphatic heterocycles. The van der Waals surface area contributed by atoms with Crippen molar-refractivity contribution in [3.8, 4) is 0 Å². The predicted molar refractivity (Wildman–Crippen MR) is 63.9 cm³/mol. The van der Waals surface area contributed by atoms with Crippen molar-refractivity contribution in [2.45, 2.75) is 37.8 Å². The van der Waals surface area contributed by atoms with E-state index in [4.69, 9.17) is 14.2 Å². The van der Waals surface area contributed by atoms with Crippen molar-refractivity contribution in [3.63, 3.8) is 0 Å². The maximum atomic E-state index is 11.0. The summed E-state index contributed by atoms with van der Waals surface area (Å²) in [5, 5.41) is 0. The van der Waals surface area contributed by atoms with Crippen LogP contribution in [0.2, 0.25) is 0 Å². The lowest BCUT2D eigenvalue weighted by molar-refractivity contribution is -0.141. The average molecular weight is 248 g/mol. The summed E-state index contributed by atoms with van der Waals surface area (Å²) in [5.74, 6) is -0.145. The lowest BCUT2D eigenvalue weighted by atomic mass is 10.1. The standard InChI is InChI=1S/C14H16O4/c15-14-7-13-12(18-14)6-11(17-13)9-16-8-10-4-2-1-3-5-10/h1-5,11-13H,6-9H2/t11-,12-,13-/m0/s1. The molecule has 18 heavy (non-hydrogen) atoms. The van der Waals surface area contributed by atoms with E-state index in [0.29, 0.717) is 19.6 Å². The Kier molecular flexibility index (Phi) is 3.30. The molecule has 0 amide bonds. The van der Waals surface area contributed by atoms with Crippen molar-refractivity contribution < 1.29 is 19.0 Å². The number of esters is 1. The molecule has 2 aliphatic rings. The molecule has 3 rings (SSSR count). The Morgan fingerprint density at radius 3 is 2.83 bits per heavy atom. The van der Waals surface area contributed by atoms with Gasteiger partial charge in [-0.2, -0.15) is 0 Å². The van der Waals surface area contributed by atoms with Gasteiger partial charge in [-0.1, -0.05) is 30.3 Å². The molecule has 0 bridgehead atoms. The quantitative estimate of drug-likeness (QED) is 0.760. The van der Waals surface area contributed by atoms with Crippen molar-refractivity contribution in [1.29, 1.82) is 0 Å². The molecule has 0 spiro atoms. The summed E-state index contributed by atoms with van der Waals surface area (Å²) in [6, 6.07) is 10.0. The average Bonchev–Trinajstić information content (AvgIpc) is 2.87. The number of benzene rings is 1. The second kappa shape index (κ2) is 5.08. The lowest BCUT2D eigenvalue weighted by Crippen LogP contribution is -2.17. The molecule has 0 aromatic heterocycles. The smallest absolute Gasteiger partial charge is 0.308 e. The molecular formula is C14H16O4. The second-order valence-corrected chi connectivity index (χ2v) is 4.77. The zero-order valence-corrected chi connectivity index (χ0v) is 10.1. The van der Waals surface area contributed by atoms with Gasteiger partial charge in [0.1, 0.15) is 12.2 Å². The van der Waals surface area contributed by atoms with Crippen LogP contribution in [-0.4, -0.2) is 30.9 Å². The van der Waals surface area contributed by atoms with Gasteiger partial charge < -0.3 is 14.2 Å². The van der Waals surface area contributed by atoms with Crippen LogP contribution in [0.4, 0.5) is 0 Å². The normalized spacial score (nSPS) is 30.2.